The molecular weight excluding hydrogens is 601 g/mol. The van der Waals surface area contributed by atoms with Crippen LogP contribution in [0.3, 0.4) is 0 Å². The summed E-state index contributed by atoms with van der Waals surface area (Å²) in [6.45, 7) is 0. The van der Waals surface area contributed by atoms with E-state index in [4.69, 9.17) is 0 Å². The molecule has 0 aliphatic carbocycles. The van der Waals surface area contributed by atoms with Crippen LogP contribution in [0.4, 0.5) is 0 Å². The molecule has 0 amide bonds. The van der Waals surface area contributed by atoms with Crippen molar-refractivity contribution >= 4 is 53.9 Å². The van der Waals surface area contributed by atoms with Gasteiger partial charge in [0.25, 0.3) is 0 Å². The van der Waals surface area contributed by atoms with Crippen LogP contribution in [0.25, 0.3) is 98.4 Å². The van der Waals surface area contributed by atoms with Crippen molar-refractivity contribution in [2.45, 2.75) is 0 Å². The first-order chi connectivity index (χ1) is 24.8. The summed E-state index contributed by atoms with van der Waals surface area (Å²) < 4.78 is 0. The summed E-state index contributed by atoms with van der Waals surface area (Å²) in [5.41, 5.74) is 9.87. The molecule has 0 atom stereocenters. The molecule has 0 aliphatic rings. The molecular formula is C50H32. The molecule has 0 fully saturated rings. The van der Waals surface area contributed by atoms with Crippen molar-refractivity contribution in [3.8, 4) is 44.5 Å². The van der Waals surface area contributed by atoms with Gasteiger partial charge in [0, 0.05) is 0 Å². The summed E-state index contributed by atoms with van der Waals surface area (Å²) in [6.07, 6.45) is 0. The van der Waals surface area contributed by atoms with Crippen LogP contribution in [0, 0.1) is 0 Å². The lowest BCUT2D eigenvalue weighted by Crippen LogP contribution is -1.92. The molecule has 10 aromatic carbocycles. The topological polar surface area (TPSA) is 0 Å². The summed E-state index contributed by atoms with van der Waals surface area (Å²) in [4.78, 5) is 0. The van der Waals surface area contributed by atoms with E-state index in [0.717, 1.165) is 0 Å². The third-order valence-electron chi connectivity index (χ3n) is 10.4. The van der Waals surface area contributed by atoms with E-state index in [-0.39, 0.29) is 0 Å². The van der Waals surface area contributed by atoms with Crippen LogP contribution in [0.15, 0.2) is 194 Å². The zero-order valence-electron chi connectivity index (χ0n) is 27.5. The average Bonchev–Trinajstić information content (AvgIpc) is 3.19. The monoisotopic (exact) mass is 632 g/mol. The highest BCUT2D eigenvalue weighted by Gasteiger charge is 2.18. The third-order valence-corrected chi connectivity index (χ3v) is 10.4. The van der Waals surface area contributed by atoms with E-state index in [2.05, 4.69) is 194 Å². The smallest absolute Gasteiger partial charge is 0.00206 e. The zero-order valence-corrected chi connectivity index (χ0v) is 27.5. The molecule has 0 spiro atoms. The van der Waals surface area contributed by atoms with Crippen molar-refractivity contribution in [2.24, 2.45) is 0 Å². The van der Waals surface area contributed by atoms with Crippen LogP contribution in [-0.2, 0) is 0 Å². The molecule has 0 saturated carbocycles. The maximum atomic E-state index is 2.40. The van der Waals surface area contributed by atoms with Crippen molar-refractivity contribution in [2.75, 3.05) is 0 Å². The number of fused-ring (bicyclic) bond motifs is 6. The van der Waals surface area contributed by atoms with E-state index >= 15 is 0 Å². The van der Waals surface area contributed by atoms with Crippen LogP contribution < -0.4 is 0 Å². The van der Waals surface area contributed by atoms with Gasteiger partial charge in [-0.1, -0.05) is 170 Å². The Hall–Kier alpha value is -6.50. The fourth-order valence-electron chi connectivity index (χ4n) is 7.97. The van der Waals surface area contributed by atoms with Crippen LogP contribution in [0.2, 0.25) is 0 Å². The fourth-order valence-corrected chi connectivity index (χ4v) is 7.97. The first-order valence-corrected chi connectivity index (χ1v) is 17.3. The van der Waals surface area contributed by atoms with Gasteiger partial charge in [-0.3, -0.25) is 0 Å². The maximum absolute atomic E-state index is 2.40. The van der Waals surface area contributed by atoms with Crippen LogP contribution in [0.1, 0.15) is 0 Å². The molecule has 50 heavy (non-hydrogen) atoms. The van der Waals surface area contributed by atoms with E-state index in [1.807, 2.05) is 0 Å². The molecule has 232 valence electrons. The van der Waals surface area contributed by atoms with Gasteiger partial charge in [0.05, 0.1) is 0 Å². The van der Waals surface area contributed by atoms with Crippen LogP contribution in [0.5, 0.6) is 0 Å². The Labute approximate surface area is 291 Å². The van der Waals surface area contributed by atoms with Crippen LogP contribution in [-0.4, -0.2) is 0 Å². The first kappa shape index (κ1) is 28.5. The van der Waals surface area contributed by atoms with E-state index < -0.39 is 0 Å². The van der Waals surface area contributed by atoms with Crippen molar-refractivity contribution in [1.82, 2.24) is 0 Å². The summed E-state index contributed by atoms with van der Waals surface area (Å²) in [5.74, 6) is 0. The molecule has 0 aromatic heterocycles. The Bertz CT molecular complexity index is 2830. The molecule has 0 heterocycles. The number of benzene rings is 10. The Morgan fingerprint density at radius 1 is 0.200 bits per heavy atom. The summed E-state index contributed by atoms with van der Waals surface area (Å²) >= 11 is 0. The maximum Gasteiger partial charge on any atom is -0.00206 e. The number of rotatable bonds is 4. The minimum Gasteiger partial charge on any atom is -0.0622 e. The predicted octanol–water partition coefficient (Wildman–Crippen LogP) is 14.1. The quantitative estimate of drug-likeness (QED) is 0.169. The highest BCUT2D eigenvalue weighted by atomic mass is 14.2. The summed E-state index contributed by atoms with van der Waals surface area (Å²) in [7, 11) is 0. The first-order valence-electron chi connectivity index (χ1n) is 17.3. The average molecular weight is 633 g/mol. The Balaban J connectivity index is 1.31. The van der Waals surface area contributed by atoms with E-state index in [1.54, 1.807) is 0 Å². The highest BCUT2D eigenvalue weighted by Crippen LogP contribution is 2.45. The minimum absolute atomic E-state index is 1.22. The molecule has 0 aliphatic heterocycles. The van der Waals surface area contributed by atoms with Gasteiger partial charge in [-0.2, -0.15) is 0 Å². The van der Waals surface area contributed by atoms with E-state index in [0.29, 0.717) is 0 Å². The Kier molecular flexibility index (Phi) is 6.60. The van der Waals surface area contributed by atoms with Gasteiger partial charge in [0.15, 0.2) is 0 Å². The Morgan fingerprint density at radius 2 is 0.760 bits per heavy atom. The number of hydrogen-bond donors (Lipinski definition) is 0. The molecule has 0 N–H and O–H groups in total. The summed E-state index contributed by atoms with van der Waals surface area (Å²) in [6, 6.07) is 71.5. The second-order valence-corrected chi connectivity index (χ2v) is 13.3. The lowest BCUT2D eigenvalue weighted by Gasteiger charge is -2.19. The van der Waals surface area contributed by atoms with Gasteiger partial charge in [0.2, 0.25) is 0 Å². The second-order valence-electron chi connectivity index (χ2n) is 13.3. The SMILES string of the molecule is c1ccc(-c2cc(-c3ccc(-c4ccc5ccccc5c4)c4c(-c5ccc6ccccc6c5)cccc34)c3ccc4ccccc4c3c2)cc1. The van der Waals surface area contributed by atoms with Crippen LogP contribution >= 0.6 is 0 Å². The van der Waals surface area contributed by atoms with Gasteiger partial charge < -0.3 is 0 Å². The zero-order chi connectivity index (χ0) is 33.0. The number of hydrogen-bond acceptors (Lipinski definition) is 0. The van der Waals surface area contributed by atoms with Gasteiger partial charge >= 0.3 is 0 Å². The van der Waals surface area contributed by atoms with Crippen molar-refractivity contribution in [3.63, 3.8) is 0 Å². The molecule has 0 unspecified atom stereocenters. The van der Waals surface area contributed by atoms with Gasteiger partial charge in [-0.15, -0.1) is 0 Å². The van der Waals surface area contributed by atoms with E-state index in [9.17, 15) is 0 Å². The largest absolute Gasteiger partial charge is 0.0622 e. The highest BCUT2D eigenvalue weighted by molar-refractivity contribution is 6.19. The van der Waals surface area contributed by atoms with Gasteiger partial charge in [-0.25, -0.2) is 0 Å². The lowest BCUT2D eigenvalue weighted by atomic mass is 9.84. The lowest BCUT2D eigenvalue weighted by molar-refractivity contribution is 1.62. The van der Waals surface area contributed by atoms with Gasteiger partial charge in [-0.05, 0) is 123 Å². The molecule has 0 radical (unpaired) electrons. The van der Waals surface area contributed by atoms with Crippen molar-refractivity contribution in [1.29, 1.82) is 0 Å². The molecule has 0 bridgehead atoms. The third kappa shape index (κ3) is 4.69. The molecule has 10 aromatic rings. The predicted molar refractivity (Wildman–Crippen MR) is 216 cm³/mol. The standard InChI is InChI=1S/C50H32/c1-2-11-33(12-3-1)41-31-48-42-18-9-8-15-36(42)25-26-46(48)49(32-41)45-28-27-44(40-24-22-35-14-5-7-17-38(35)30-40)50-43(19-10-20-47(45)50)39-23-21-34-13-4-6-16-37(34)29-39/h1-32H. The molecule has 0 heteroatoms. The Morgan fingerprint density at radius 3 is 1.48 bits per heavy atom. The summed E-state index contributed by atoms with van der Waals surface area (Å²) in [5, 5.41) is 12.6. The normalized spacial score (nSPS) is 11.6. The fraction of sp³-hybridized carbons (Fsp3) is 0. The molecule has 0 nitrogen and oxygen atoms in total. The molecule has 0 saturated heterocycles. The van der Waals surface area contributed by atoms with Gasteiger partial charge in [0.1, 0.15) is 0 Å². The van der Waals surface area contributed by atoms with Crippen molar-refractivity contribution in [3.05, 3.63) is 194 Å². The van der Waals surface area contributed by atoms with Crippen molar-refractivity contribution < 1.29 is 0 Å². The molecule has 10 rings (SSSR count). The second kappa shape index (κ2) is 11.6. The van der Waals surface area contributed by atoms with E-state index in [1.165, 1.54) is 98.4 Å². The minimum atomic E-state index is 1.22.